The van der Waals surface area contributed by atoms with E-state index in [0.29, 0.717) is 5.92 Å². The monoisotopic (exact) mass is 326 g/mol. The average molecular weight is 326 g/mol. The summed E-state index contributed by atoms with van der Waals surface area (Å²) >= 11 is 0. The fourth-order valence-electron chi connectivity index (χ4n) is 3.67. The van der Waals surface area contributed by atoms with Gasteiger partial charge in [-0.1, -0.05) is 6.92 Å². The minimum absolute atomic E-state index is 0.147. The summed E-state index contributed by atoms with van der Waals surface area (Å²) < 4.78 is 0. The van der Waals surface area contributed by atoms with Gasteiger partial charge in [0.15, 0.2) is 0 Å². The van der Waals surface area contributed by atoms with E-state index in [4.69, 9.17) is 5.26 Å². The van der Waals surface area contributed by atoms with Crippen LogP contribution in [0.3, 0.4) is 0 Å². The predicted octanol–water partition coefficient (Wildman–Crippen LogP) is 3.47. The lowest BCUT2D eigenvalue weighted by molar-refractivity contribution is -0.120. The van der Waals surface area contributed by atoms with Gasteiger partial charge in [-0.3, -0.25) is 4.79 Å². The highest BCUT2D eigenvalue weighted by Crippen LogP contribution is 2.43. The molecule has 128 valence electrons. The van der Waals surface area contributed by atoms with Crippen LogP contribution in [-0.2, 0) is 4.79 Å². The van der Waals surface area contributed by atoms with Crippen LogP contribution in [0.4, 0.5) is 5.69 Å². The molecule has 0 aromatic heterocycles. The lowest BCUT2D eigenvalue weighted by Gasteiger charge is -2.47. The quantitative estimate of drug-likeness (QED) is 0.680. The van der Waals surface area contributed by atoms with Crippen molar-refractivity contribution in [2.24, 2.45) is 5.10 Å². The summed E-state index contributed by atoms with van der Waals surface area (Å²) in [5, 5.41) is 12.5. The summed E-state index contributed by atoms with van der Waals surface area (Å²) in [5.41, 5.74) is 7.26. The van der Waals surface area contributed by atoms with Crippen LogP contribution in [0.2, 0.25) is 0 Å². The van der Waals surface area contributed by atoms with Crippen LogP contribution in [0.5, 0.6) is 0 Å². The molecule has 1 atom stereocenters. The molecule has 24 heavy (non-hydrogen) atoms. The summed E-state index contributed by atoms with van der Waals surface area (Å²) in [5.74, 6) is 0.0790. The van der Waals surface area contributed by atoms with E-state index in [9.17, 15) is 4.79 Å². The topological polar surface area (TPSA) is 68.5 Å². The zero-order valence-electron chi connectivity index (χ0n) is 15.2. The fraction of sp³-hybridized carbons (Fsp3) is 0.526. The number of carbonyl (C=O) groups excluding carboxylic acids is 1. The second kappa shape index (κ2) is 7.04. The average Bonchev–Trinajstić information content (AvgIpc) is 2.48. The van der Waals surface area contributed by atoms with E-state index in [1.54, 1.807) is 12.3 Å². The first-order chi connectivity index (χ1) is 11.3. The Balaban J connectivity index is 2.33. The Labute approximate surface area is 144 Å². The highest BCUT2D eigenvalue weighted by atomic mass is 16.2. The molecule has 1 aromatic carbocycles. The molecule has 0 bridgehead atoms. The first kappa shape index (κ1) is 18.0. The van der Waals surface area contributed by atoms with Gasteiger partial charge in [0.2, 0.25) is 0 Å². The van der Waals surface area contributed by atoms with Gasteiger partial charge in [0.1, 0.15) is 6.42 Å². The number of nitrogens with zero attached hydrogens (tertiary/aromatic N) is 3. The zero-order valence-corrected chi connectivity index (χ0v) is 15.2. The van der Waals surface area contributed by atoms with Gasteiger partial charge in [-0.2, -0.15) is 10.4 Å². The maximum Gasteiger partial charge on any atom is 0.254 e. The third-order valence-electron chi connectivity index (χ3n) is 4.72. The van der Waals surface area contributed by atoms with Crippen LogP contribution in [0, 0.1) is 18.3 Å². The molecule has 0 fully saturated rings. The third-order valence-corrected chi connectivity index (χ3v) is 4.72. The Morgan fingerprint density at radius 1 is 1.54 bits per heavy atom. The SMILES string of the molecule is CCN1c2cc(C)c(/C=N\NC(=O)CC#N)cc2C(C)CC1(C)C. The number of nitrogens with one attached hydrogen (secondary N) is 1. The highest BCUT2D eigenvalue weighted by Gasteiger charge is 2.35. The lowest BCUT2D eigenvalue weighted by Crippen LogP contribution is -2.48. The Morgan fingerprint density at radius 2 is 2.25 bits per heavy atom. The van der Waals surface area contributed by atoms with E-state index >= 15 is 0 Å². The molecule has 5 heteroatoms. The van der Waals surface area contributed by atoms with Crippen LogP contribution < -0.4 is 10.3 Å². The Morgan fingerprint density at radius 3 is 2.88 bits per heavy atom. The minimum Gasteiger partial charge on any atom is -0.366 e. The van der Waals surface area contributed by atoms with Crippen LogP contribution in [0.25, 0.3) is 0 Å². The van der Waals surface area contributed by atoms with Gasteiger partial charge in [-0.05, 0) is 68.9 Å². The molecule has 1 aliphatic rings. The molecule has 1 unspecified atom stereocenters. The number of rotatable bonds is 4. The first-order valence-corrected chi connectivity index (χ1v) is 8.41. The second-order valence-electron chi connectivity index (χ2n) is 7.06. The van der Waals surface area contributed by atoms with Gasteiger partial charge < -0.3 is 4.90 Å². The minimum atomic E-state index is -0.392. The molecule has 0 saturated heterocycles. The number of hydrazone groups is 1. The van der Waals surface area contributed by atoms with Crippen molar-refractivity contribution < 1.29 is 4.79 Å². The molecule has 1 amide bonds. The zero-order chi connectivity index (χ0) is 17.9. The third kappa shape index (κ3) is 3.59. The molecule has 1 aliphatic heterocycles. The van der Waals surface area contributed by atoms with E-state index in [-0.39, 0.29) is 12.0 Å². The van der Waals surface area contributed by atoms with Crippen LogP contribution >= 0.6 is 0 Å². The van der Waals surface area contributed by atoms with Gasteiger partial charge in [0, 0.05) is 17.8 Å². The molecule has 0 saturated carbocycles. The maximum absolute atomic E-state index is 11.3. The van der Waals surface area contributed by atoms with Gasteiger partial charge in [-0.15, -0.1) is 0 Å². The largest absolute Gasteiger partial charge is 0.366 e. The van der Waals surface area contributed by atoms with Crippen LogP contribution in [-0.4, -0.2) is 24.2 Å². The van der Waals surface area contributed by atoms with Crippen molar-refractivity contribution >= 4 is 17.8 Å². The summed E-state index contributed by atoms with van der Waals surface area (Å²) in [4.78, 5) is 13.8. The lowest BCUT2D eigenvalue weighted by atomic mass is 9.79. The predicted molar refractivity (Wildman–Crippen MR) is 97.3 cm³/mol. The van der Waals surface area contributed by atoms with Gasteiger partial charge in [0.05, 0.1) is 12.3 Å². The summed E-state index contributed by atoms with van der Waals surface area (Å²) in [6.07, 6.45) is 2.58. The van der Waals surface area contributed by atoms with Crippen molar-refractivity contribution in [1.82, 2.24) is 5.43 Å². The number of amides is 1. The molecule has 1 heterocycles. The Bertz CT molecular complexity index is 700. The Hall–Kier alpha value is -2.35. The number of nitriles is 1. The number of carbonyl (C=O) groups is 1. The number of benzene rings is 1. The fourth-order valence-corrected chi connectivity index (χ4v) is 3.67. The number of anilines is 1. The van der Waals surface area contributed by atoms with E-state index < -0.39 is 5.91 Å². The van der Waals surface area contributed by atoms with Crippen molar-refractivity contribution in [2.45, 2.75) is 58.9 Å². The number of aryl methyl sites for hydroxylation is 1. The molecule has 5 nitrogen and oxygen atoms in total. The molecule has 2 rings (SSSR count). The van der Waals surface area contributed by atoms with E-state index in [2.05, 4.69) is 62.2 Å². The van der Waals surface area contributed by atoms with Crippen LogP contribution in [0.15, 0.2) is 17.2 Å². The molecule has 0 aliphatic carbocycles. The normalized spacial score (nSPS) is 19.0. The van der Waals surface area contributed by atoms with E-state index in [1.165, 1.54) is 11.3 Å². The molecule has 1 N–H and O–H groups in total. The van der Waals surface area contributed by atoms with Crippen molar-refractivity contribution in [3.8, 4) is 6.07 Å². The van der Waals surface area contributed by atoms with Crippen molar-refractivity contribution in [1.29, 1.82) is 5.26 Å². The smallest absolute Gasteiger partial charge is 0.254 e. The molecular weight excluding hydrogens is 300 g/mol. The Kier molecular flexibility index (Phi) is 5.28. The standard InChI is InChI=1S/C19H26N4O/c1-6-23-17-9-13(2)15(12-21-22-18(24)7-8-20)10-16(17)14(3)11-19(23,4)5/h9-10,12,14H,6-7,11H2,1-5H3,(H,22,24)/b21-12-. The summed E-state index contributed by atoms with van der Waals surface area (Å²) in [6, 6.07) is 6.19. The van der Waals surface area contributed by atoms with Crippen molar-refractivity contribution in [2.75, 3.05) is 11.4 Å². The number of hydrogen-bond donors (Lipinski definition) is 1. The number of hydrogen-bond acceptors (Lipinski definition) is 4. The molecule has 0 spiro atoms. The van der Waals surface area contributed by atoms with Gasteiger partial charge in [-0.25, -0.2) is 5.43 Å². The van der Waals surface area contributed by atoms with Gasteiger partial charge >= 0.3 is 0 Å². The molecular formula is C19H26N4O. The molecule has 1 aromatic rings. The highest BCUT2D eigenvalue weighted by molar-refractivity contribution is 5.86. The summed E-state index contributed by atoms with van der Waals surface area (Å²) in [6.45, 7) is 12.1. The van der Waals surface area contributed by atoms with E-state index in [1.807, 2.05) is 0 Å². The van der Waals surface area contributed by atoms with Gasteiger partial charge in [0.25, 0.3) is 5.91 Å². The molecule has 0 radical (unpaired) electrons. The van der Waals surface area contributed by atoms with Crippen molar-refractivity contribution in [3.05, 3.63) is 28.8 Å². The van der Waals surface area contributed by atoms with Crippen molar-refractivity contribution in [3.63, 3.8) is 0 Å². The first-order valence-electron chi connectivity index (χ1n) is 8.41. The second-order valence-corrected chi connectivity index (χ2v) is 7.06. The van der Waals surface area contributed by atoms with Crippen LogP contribution in [0.1, 0.15) is 63.1 Å². The number of fused-ring (bicyclic) bond motifs is 1. The maximum atomic E-state index is 11.3. The summed E-state index contributed by atoms with van der Waals surface area (Å²) in [7, 11) is 0. The van der Waals surface area contributed by atoms with E-state index in [0.717, 1.165) is 24.1 Å².